The van der Waals surface area contributed by atoms with Gasteiger partial charge in [-0.05, 0) is 93.7 Å². The van der Waals surface area contributed by atoms with E-state index >= 15 is 0 Å². The fourth-order valence-electron chi connectivity index (χ4n) is 7.69. The lowest BCUT2D eigenvalue weighted by Crippen LogP contribution is -2.53. The first kappa shape index (κ1) is 35.9. The topological polar surface area (TPSA) is 114 Å². The molecule has 7 rings (SSSR count). The molecule has 274 valence electrons. The van der Waals surface area contributed by atoms with Crippen molar-refractivity contribution in [2.24, 2.45) is 5.41 Å². The summed E-state index contributed by atoms with van der Waals surface area (Å²) in [6, 6.07) is 21.7. The number of nitrogens with one attached hydrogen (secondary N) is 2. The van der Waals surface area contributed by atoms with Gasteiger partial charge in [-0.2, -0.15) is 18.2 Å². The van der Waals surface area contributed by atoms with Gasteiger partial charge in [0.15, 0.2) is 0 Å². The average Bonchev–Trinajstić information content (AvgIpc) is 3.91. The van der Waals surface area contributed by atoms with Crippen LogP contribution in [0.2, 0.25) is 0 Å². The Kier molecular flexibility index (Phi) is 9.77. The van der Waals surface area contributed by atoms with E-state index in [0.717, 1.165) is 22.3 Å². The van der Waals surface area contributed by atoms with E-state index in [4.69, 9.17) is 4.74 Å². The minimum absolute atomic E-state index is 0.0145. The van der Waals surface area contributed by atoms with Gasteiger partial charge >= 0.3 is 6.18 Å². The van der Waals surface area contributed by atoms with Crippen molar-refractivity contribution in [1.29, 1.82) is 0 Å². The van der Waals surface area contributed by atoms with Gasteiger partial charge in [0.1, 0.15) is 6.61 Å². The minimum Gasteiger partial charge on any atom is -0.475 e. The lowest BCUT2D eigenvalue weighted by Gasteiger charge is -2.43. The summed E-state index contributed by atoms with van der Waals surface area (Å²) < 4.78 is 79.9. The van der Waals surface area contributed by atoms with Gasteiger partial charge in [0.25, 0.3) is 15.9 Å². The van der Waals surface area contributed by atoms with E-state index in [1.807, 2.05) is 62.4 Å². The molecule has 2 heterocycles. The van der Waals surface area contributed by atoms with Crippen LogP contribution in [0.4, 0.5) is 19.1 Å². The Morgan fingerprint density at radius 2 is 1.62 bits per heavy atom. The van der Waals surface area contributed by atoms with Crippen molar-refractivity contribution >= 4 is 21.9 Å². The van der Waals surface area contributed by atoms with Gasteiger partial charge in [0.2, 0.25) is 11.8 Å². The highest BCUT2D eigenvalue weighted by Crippen LogP contribution is 2.61. The normalized spacial score (nSPS) is 22.6. The van der Waals surface area contributed by atoms with Crippen LogP contribution in [-0.4, -0.2) is 60.1 Å². The molecule has 4 aromatic rings. The van der Waals surface area contributed by atoms with Crippen LogP contribution in [0, 0.1) is 19.3 Å². The van der Waals surface area contributed by atoms with Crippen molar-refractivity contribution < 1.29 is 31.1 Å². The number of fused-ring (bicyclic) bond motifs is 4. The second-order valence-corrected chi connectivity index (χ2v) is 16.0. The van der Waals surface area contributed by atoms with Crippen molar-refractivity contribution in [3.05, 3.63) is 101 Å². The molecule has 1 aliphatic heterocycles. The highest BCUT2D eigenvalue weighted by Gasteiger charge is 2.64. The molecule has 0 saturated heterocycles. The van der Waals surface area contributed by atoms with Gasteiger partial charge in [-0.3, -0.25) is 4.79 Å². The number of amides is 1. The molecular formula is C39H42F3N5O4S. The predicted molar refractivity (Wildman–Crippen MR) is 191 cm³/mol. The Labute approximate surface area is 302 Å². The third kappa shape index (κ3) is 7.52. The number of anilines is 1. The summed E-state index contributed by atoms with van der Waals surface area (Å²) in [4.78, 5) is 24.9. The van der Waals surface area contributed by atoms with E-state index in [1.165, 1.54) is 24.3 Å². The maximum Gasteiger partial charge on any atom is 0.394 e. The van der Waals surface area contributed by atoms with Crippen LogP contribution in [0.3, 0.4) is 0 Å². The van der Waals surface area contributed by atoms with Crippen molar-refractivity contribution in [3.8, 4) is 17.1 Å². The predicted octanol–water partition coefficient (Wildman–Crippen LogP) is 7.60. The Hall–Kier alpha value is -4.49. The van der Waals surface area contributed by atoms with Gasteiger partial charge in [0, 0.05) is 35.8 Å². The molecule has 3 aliphatic rings. The molecule has 2 aliphatic carbocycles. The zero-order valence-corrected chi connectivity index (χ0v) is 29.9. The summed E-state index contributed by atoms with van der Waals surface area (Å²) in [5.74, 6) is -0.799. The molecular weight excluding hydrogens is 692 g/mol. The number of carbonyl (C=O) groups is 1. The fraction of sp³-hybridized carbons (Fsp3) is 0.410. The number of nitrogens with zero attached hydrogens (tertiary/aromatic N) is 3. The molecule has 0 radical (unpaired) electrons. The summed E-state index contributed by atoms with van der Waals surface area (Å²) >= 11 is 0. The number of ether oxygens (including phenoxy) is 1. The molecule has 3 aromatic carbocycles. The number of aryl methyl sites for hydroxylation is 2. The number of halogens is 3. The molecule has 9 nitrogen and oxygen atoms in total. The number of rotatable bonds is 7. The van der Waals surface area contributed by atoms with Gasteiger partial charge in [-0.15, -0.1) is 0 Å². The molecule has 2 fully saturated rings. The lowest BCUT2D eigenvalue weighted by molar-refractivity contribution is -0.193. The van der Waals surface area contributed by atoms with Gasteiger partial charge in [-0.25, -0.2) is 18.1 Å². The number of alkyl halides is 3. The molecule has 1 atom stereocenters. The highest BCUT2D eigenvalue weighted by molar-refractivity contribution is 7.92. The summed E-state index contributed by atoms with van der Waals surface area (Å²) in [5, 5.41) is 3.59. The molecule has 2 saturated carbocycles. The number of sulfonamides is 1. The summed E-state index contributed by atoms with van der Waals surface area (Å²) in [6.07, 6.45) is -2.32. The summed E-state index contributed by atoms with van der Waals surface area (Å²) in [6.45, 7) is 4.22. The van der Waals surface area contributed by atoms with Crippen molar-refractivity contribution in [1.82, 2.24) is 20.2 Å². The summed E-state index contributed by atoms with van der Waals surface area (Å²) in [5.41, 5.74) is 2.19. The van der Waals surface area contributed by atoms with Gasteiger partial charge in [-0.1, -0.05) is 54.6 Å². The van der Waals surface area contributed by atoms with Crippen LogP contribution in [0.5, 0.6) is 5.88 Å². The van der Waals surface area contributed by atoms with E-state index in [2.05, 4.69) is 20.0 Å². The number of hydrogen-bond acceptors (Lipinski definition) is 7. The quantitative estimate of drug-likeness (QED) is 0.201. The fourth-order valence-corrected chi connectivity index (χ4v) is 8.68. The molecule has 2 N–H and O–H groups in total. The lowest BCUT2D eigenvalue weighted by atomic mass is 9.87. The standard InChI is InChI=1S/C39H42F3N5O4S/c1-25-8-6-9-26(2)35(25)33-21-34-45-37(44-33)46-52(49,50)32-13-7-12-28(20-32)36(48)47(31(24-51-34)22-38(18-19-38)39(40,41)42)30-16-14-29(15-17-30)43-23-27-10-4-3-5-11-27/h3-13,20-21,29-31,43H,14-19,22-24H2,1-2H3,(H,44,45,46)/t29-,30+,31-/m1/s1. The van der Waals surface area contributed by atoms with E-state index in [-0.39, 0.29) is 54.2 Å². The van der Waals surface area contributed by atoms with E-state index in [1.54, 1.807) is 11.0 Å². The highest BCUT2D eigenvalue weighted by atomic mass is 32.2. The monoisotopic (exact) mass is 733 g/mol. The second kappa shape index (κ2) is 14.1. The number of hydrogen-bond donors (Lipinski definition) is 2. The molecule has 52 heavy (non-hydrogen) atoms. The maximum absolute atomic E-state index is 14.6. The van der Waals surface area contributed by atoms with Gasteiger partial charge < -0.3 is 15.0 Å². The Bertz CT molecular complexity index is 2030. The second-order valence-electron chi connectivity index (χ2n) is 14.3. The Morgan fingerprint density at radius 3 is 2.29 bits per heavy atom. The van der Waals surface area contributed by atoms with Crippen molar-refractivity contribution in [2.45, 2.75) is 94.5 Å². The number of aromatic nitrogens is 2. The van der Waals surface area contributed by atoms with Crippen molar-refractivity contribution in [3.63, 3.8) is 0 Å². The first-order valence-corrected chi connectivity index (χ1v) is 19.2. The molecule has 0 unspecified atom stereocenters. The molecule has 1 amide bonds. The average molecular weight is 734 g/mol. The molecule has 1 aromatic heterocycles. The summed E-state index contributed by atoms with van der Waals surface area (Å²) in [7, 11) is -4.29. The first-order valence-electron chi connectivity index (χ1n) is 17.7. The Morgan fingerprint density at radius 1 is 0.923 bits per heavy atom. The first-order chi connectivity index (χ1) is 24.8. The largest absolute Gasteiger partial charge is 0.475 e. The van der Waals surface area contributed by atoms with Crippen LogP contribution >= 0.6 is 0 Å². The molecule has 0 spiro atoms. The number of carbonyl (C=O) groups excluding carboxylic acids is 1. The van der Waals surface area contributed by atoms with E-state index in [0.29, 0.717) is 37.9 Å². The minimum atomic E-state index is -4.46. The zero-order chi connectivity index (χ0) is 36.7. The van der Waals surface area contributed by atoms with Gasteiger partial charge in [0.05, 0.1) is 22.0 Å². The van der Waals surface area contributed by atoms with E-state index in [9.17, 15) is 26.4 Å². The third-order valence-corrected chi connectivity index (χ3v) is 12.0. The molecule has 4 bridgehead atoms. The maximum atomic E-state index is 14.6. The smallest absolute Gasteiger partial charge is 0.394 e. The van der Waals surface area contributed by atoms with Crippen molar-refractivity contribution in [2.75, 3.05) is 11.3 Å². The van der Waals surface area contributed by atoms with Crippen LogP contribution in [0.1, 0.15) is 72.0 Å². The SMILES string of the molecule is Cc1cccc(C)c1-c1cc2nc(n1)NS(=O)(=O)c1cccc(c1)C(=O)N([C@H]1CC[C@@H](NCc3ccccc3)CC1)[C@H](CC1(C(F)(F)F)CC1)CO2. The van der Waals surface area contributed by atoms with Crippen LogP contribution < -0.4 is 14.8 Å². The van der Waals surface area contributed by atoms with Crippen LogP contribution in [0.25, 0.3) is 11.3 Å². The van der Waals surface area contributed by atoms with Crippen LogP contribution in [0.15, 0.2) is 83.8 Å². The van der Waals surface area contributed by atoms with E-state index < -0.39 is 39.6 Å². The molecule has 13 heteroatoms. The third-order valence-electron chi connectivity index (χ3n) is 10.7. The number of benzene rings is 3. The zero-order valence-electron chi connectivity index (χ0n) is 29.1. The van der Waals surface area contributed by atoms with Crippen LogP contribution in [-0.2, 0) is 16.6 Å². The Balaban J connectivity index is 1.27.